The molecule has 37 heavy (non-hydrogen) atoms. The molecule has 6 nitrogen and oxygen atoms in total. The molecule has 1 atom stereocenters. The minimum atomic E-state index is -0.812. The molecule has 1 unspecified atom stereocenters. The average Bonchev–Trinajstić information content (AvgIpc) is 2.90. The summed E-state index contributed by atoms with van der Waals surface area (Å²) in [7, 11) is 3.64. The Morgan fingerprint density at radius 2 is 1.81 bits per heavy atom. The lowest BCUT2D eigenvalue weighted by molar-refractivity contribution is 0.0913. The number of amides is 1. The molecule has 0 aliphatic carbocycles. The number of hydrogen-bond donors (Lipinski definition) is 1. The highest BCUT2D eigenvalue weighted by Crippen LogP contribution is 2.35. The van der Waals surface area contributed by atoms with Crippen molar-refractivity contribution in [3.63, 3.8) is 0 Å². The van der Waals surface area contributed by atoms with Gasteiger partial charge in [0.1, 0.15) is 6.67 Å². The number of hydrogen-bond acceptors (Lipinski definition) is 4. The number of carbonyl (C=O) groups is 2. The minimum absolute atomic E-state index is 0.0613. The number of pyridine rings is 1. The van der Waals surface area contributed by atoms with Crippen LogP contribution in [-0.4, -0.2) is 47.3 Å². The first-order valence-corrected chi connectivity index (χ1v) is 12.8. The molecule has 1 saturated heterocycles. The molecule has 1 aliphatic heterocycles. The molecule has 2 heterocycles. The largest absolute Gasteiger partial charge is 0.349 e. The van der Waals surface area contributed by atoms with E-state index in [9.17, 15) is 18.8 Å². The molecule has 0 radical (unpaired) electrons. The van der Waals surface area contributed by atoms with Crippen LogP contribution in [0, 0.1) is 0 Å². The highest BCUT2D eigenvalue weighted by atomic mass is 35.5. The summed E-state index contributed by atoms with van der Waals surface area (Å²) >= 11 is 6.52. The number of benzene rings is 2. The maximum Gasteiger partial charge on any atom is 0.251 e. The summed E-state index contributed by atoms with van der Waals surface area (Å²) in [5.74, 6) is -0.926. The van der Waals surface area contributed by atoms with Crippen LogP contribution in [0.5, 0.6) is 0 Å². The number of ketones is 1. The van der Waals surface area contributed by atoms with Gasteiger partial charge in [-0.05, 0) is 67.9 Å². The van der Waals surface area contributed by atoms with Crippen molar-refractivity contribution in [1.82, 2.24) is 14.8 Å². The van der Waals surface area contributed by atoms with Gasteiger partial charge in [-0.1, -0.05) is 41.9 Å². The monoisotopic (exact) mass is 523 g/mol. The molecule has 0 bridgehead atoms. The predicted molar refractivity (Wildman–Crippen MR) is 143 cm³/mol. The third kappa shape index (κ3) is 6.35. The first kappa shape index (κ1) is 26.8. The molecule has 0 spiro atoms. The quantitative estimate of drug-likeness (QED) is 0.433. The first-order valence-electron chi connectivity index (χ1n) is 12.4. The van der Waals surface area contributed by atoms with E-state index in [-0.39, 0.29) is 35.3 Å². The maximum atomic E-state index is 14.2. The number of piperidine rings is 1. The van der Waals surface area contributed by atoms with Crippen molar-refractivity contribution >= 4 is 23.3 Å². The zero-order valence-electron chi connectivity index (χ0n) is 21.0. The highest BCUT2D eigenvalue weighted by molar-refractivity contribution is 6.31. The second-order valence-electron chi connectivity index (χ2n) is 9.67. The van der Waals surface area contributed by atoms with E-state index in [4.69, 9.17) is 11.6 Å². The van der Waals surface area contributed by atoms with Gasteiger partial charge >= 0.3 is 0 Å². The van der Waals surface area contributed by atoms with Crippen molar-refractivity contribution in [3.05, 3.63) is 104 Å². The van der Waals surface area contributed by atoms with Crippen molar-refractivity contribution in [2.24, 2.45) is 7.05 Å². The molecule has 3 aromatic rings. The lowest BCUT2D eigenvalue weighted by atomic mass is 9.84. The fourth-order valence-electron chi connectivity index (χ4n) is 4.81. The van der Waals surface area contributed by atoms with E-state index < -0.39 is 12.6 Å². The number of rotatable bonds is 8. The topological polar surface area (TPSA) is 71.4 Å². The van der Waals surface area contributed by atoms with Crippen molar-refractivity contribution in [2.75, 3.05) is 20.1 Å². The van der Waals surface area contributed by atoms with E-state index in [1.165, 1.54) is 22.9 Å². The number of Topliss-reactive ketones (excluding diaryl/α,β-unsaturated/α-hetero) is 1. The summed E-state index contributed by atoms with van der Waals surface area (Å²) in [5, 5.41) is 3.54. The molecule has 1 amide bonds. The van der Waals surface area contributed by atoms with Gasteiger partial charge in [0, 0.05) is 53.8 Å². The molecule has 1 aliphatic rings. The molecule has 0 saturated carbocycles. The molecule has 2 aromatic carbocycles. The third-order valence-electron chi connectivity index (χ3n) is 7.05. The number of aromatic nitrogens is 1. The Bertz CT molecular complexity index is 1350. The van der Waals surface area contributed by atoms with Gasteiger partial charge in [0.05, 0.1) is 0 Å². The van der Waals surface area contributed by atoms with Gasteiger partial charge in [0.25, 0.3) is 5.91 Å². The molecule has 4 rings (SSSR count). The van der Waals surface area contributed by atoms with Crippen LogP contribution in [0.15, 0.2) is 65.6 Å². The fraction of sp³-hybridized carbons (Fsp3) is 0.345. The zero-order valence-corrected chi connectivity index (χ0v) is 21.8. The van der Waals surface area contributed by atoms with Gasteiger partial charge in [0.2, 0.25) is 5.56 Å². The summed E-state index contributed by atoms with van der Waals surface area (Å²) in [6.45, 7) is 1.000. The number of carbonyl (C=O) groups excluding carboxylic acids is 2. The Balaban J connectivity index is 1.64. The van der Waals surface area contributed by atoms with E-state index in [0.29, 0.717) is 21.7 Å². The maximum absolute atomic E-state index is 14.2. The summed E-state index contributed by atoms with van der Waals surface area (Å²) in [5.41, 5.74) is 2.19. The lowest BCUT2D eigenvalue weighted by Crippen LogP contribution is -2.43. The van der Waals surface area contributed by atoms with Crippen LogP contribution in [0.25, 0.3) is 0 Å². The van der Waals surface area contributed by atoms with Crippen molar-refractivity contribution in [1.29, 1.82) is 0 Å². The summed E-state index contributed by atoms with van der Waals surface area (Å²) in [6.07, 6.45) is 3.28. The highest BCUT2D eigenvalue weighted by Gasteiger charge is 2.25. The normalized spacial score (nSPS) is 15.4. The van der Waals surface area contributed by atoms with Gasteiger partial charge in [-0.15, -0.1) is 0 Å². The smallest absolute Gasteiger partial charge is 0.251 e. The molecular formula is C29H31ClFN3O3. The molecule has 1 N–H and O–H groups in total. The van der Waals surface area contributed by atoms with Crippen molar-refractivity contribution < 1.29 is 14.0 Å². The van der Waals surface area contributed by atoms with E-state index in [0.717, 1.165) is 31.5 Å². The minimum Gasteiger partial charge on any atom is -0.349 e. The Hall–Kier alpha value is -3.29. The van der Waals surface area contributed by atoms with E-state index in [1.54, 1.807) is 37.4 Å². The number of nitrogens with zero attached hydrogens (tertiary/aromatic N) is 2. The number of alkyl halides is 1. The van der Waals surface area contributed by atoms with Crippen molar-refractivity contribution in [2.45, 2.75) is 37.9 Å². The summed E-state index contributed by atoms with van der Waals surface area (Å²) < 4.78 is 15.6. The molecule has 8 heteroatoms. The van der Waals surface area contributed by atoms with Crippen molar-refractivity contribution in [3.8, 4) is 0 Å². The van der Waals surface area contributed by atoms with Crippen LogP contribution in [0.2, 0.25) is 5.02 Å². The standard InChI is InChI=1S/C29H31ClFN3O3/c1-33-13-11-22(12-14-33)32-29(37)23-9-7-19(15-21(23)17-31)25(24-5-3-4-6-26(24)30)16-27(35)20-8-10-28(36)34(2)18-20/h3-10,15,18,22,25H,11-14,16-17H2,1-2H3,(H,32,37). The van der Waals surface area contributed by atoms with Gasteiger partial charge in [-0.25, -0.2) is 4.39 Å². The van der Waals surface area contributed by atoms with Crippen LogP contribution in [0.4, 0.5) is 4.39 Å². The van der Waals surface area contributed by atoms with Gasteiger partial charge in [0.15, 0.2) is 5.78 Å². The molecule has 1 aromatic heterocycles. The van der Waals surface area contributed by atoms with Crippen LogP contribution >= 0.6 is 11.6 Å². The van der Waals surface area contributed by atoms with Crippen LogP contribution in [0.3, 0.4) is 0 Å². The van der Waals surface area contributed by atoms with Crippen LogP contribution in [0.1, 0.15) is 62.6 Å². The van der Waals surface area contributed by atoms with Crippen LogP contribution in [-0.2, 0) is 13.7 Å². The van der Waals surface area contributed by atoms with Gasteiger partial charge in [-0.2, -0.15) is 0 Å². The SMILES string of the molecule is CN1CCC(NC(=O)c2ccc(C(CC(=O)c3ccc(=O)n(C)c3)c3ccccc3Cl)cc2CF)CC1. The zero-order chi connectivity index (χ0) is 26.5. The number of aryl methyl sites for hydroxylation is 1. The lowest BCUT2D eigenvalue weighted by Gasteiger charge is -2.29. The Morgan fingerprint density at radius 1 is 1.08 bits per heavy atom. The Labute approximate surface area is 221 Å². The molecule has 194 valence electrons. The van der Waals surface area contributed by atoms with E-state index in [1.807, 2.05) is 12.1 Å². The van der Waals surface area contributed by atoms with E-state index in [2.05, 4.69) is 17.3 Å². The second kappa shape index (κ2) is 11.8. The van der Waals surface area contributed by atoms with Gasteiger partial charge in [-0.3, -0.25) is 14.4 Å². The van der Waals surface area contributed by atoms with Crippen LogP contribution < -0.4 is 10.9 Å². The summed E-state index contributed by atoms with van der Waals surface area (Å²) in [6, 6.07) is 15.2. The predicted octanol–water partition coefficient (Wildman–Crippen LogP) is 4.74. The molecular weight excluding hydrogens is 493 g/mol. The van der Waals surface area contributed by atoms with E-state index >= 15 is 0 Å². The summed E-state index contributed by atoms with van der Waals surface area (Å²) in [4.78, 5) is 40.2. The average molecular weight is 524 g/mol. The third-order valence-corrected chi connectivity index (χ3v) is 7.40. The number of nitrogens with one attached hydrogen (secondary N) is 1. The number of likely N-dealkylation sites (tertiary alicyclic amines) is 1. The first-order chi connectivity index (χ1) is 17.8. The second-order valence-corrected chi connectivity index (χ2v) is 10.1. The Kier molecular flexibility index (Phi) is 8.56. The fourth-order valence-corrected chi connectivity index (χ4v) is 5.07. The number of halogens is 2. The molecule has 1 fully saturated rings. The van der Waals surface area contributed by atoms with Gasteiger partial charge < -0.3 is 14.8 Å². The Morgan fingerprint density at radius 3 is 2.49 bits per heavy atom.